The van der Waals surface area contributed by atoms with Gasteiger partial charge in [0.15, 0.2) is 5.69 Å². The molecule has 0 aliphatic rings. The molecular formula is C27H33N7O2. The Bertz CT molecular complexity index is 1290. The number of aromatic amines is 2. The minimum Gasteiger partial charge on any atom is -0.386 e. The Morgan fingerprint density at radius 3 is 2.44 bits per heavy atom. The number of aromatic nitrogens is 6. The van der Waals surface area contributed by atoms with Crippen molar-refractivity contribution < 1.29 is 9.90 Å². The third-order valence-corrected chi connectivity index (χ3v) is 6.09. The molecule has 0 spiro atoms. The minimum absolute atomic E-state index is 0.259. The molecule has 0 fully saturated rings. The molecule has 1 unspecified atom stereocenters. The lowest BCUT2D eigenvalue weighted by Gasteiger charge is -2.25. The zero-order valence-electron chi connectivity index (χ0n) is 21.2. The number of hydrogen-bond acceptors (Lipinski definition) is 6. The van der Waals surface area contributed by atoms with Gasteiger partial charge >= 0.3 is 0 Å². The summed E-state index contributed by atoms with van der Waals surface area (Å²) < 4.78 is 0. The van der Waals surface area contributed by atoms with Crippen molar-refractivity contribution in [1.29, 1.82) is 0 Å². The van der Waals surface area contributed by atoms with E-state index in [1.807, 2.05) is 69.3 Å². The van der Waals surface area contributed by atoms with E-state index < -0.39 is 11.5 Å². The molecule has 9 nitrogen and oxygen atoms in total. The van der Waals surface area contributed by atoms with Crippen molar-refractivity contribution in [3.63, 3.8) is 0 Å². The summed E-state index contributed by atoms with van der Waals surface area (Å²) in [6.07, 6.45) is 1.89. The molecule has 188 valence electrons. The minimum atomic E-state index is -0.834. The van der Waals surface area contributed by atoms with Crippen molar-refractivity contribution in [3.05, 3.63) is 71.3 Å². The van der Waals surface area contributed by atoms with Gasteiger partial charge in [0.05, 0.1) is 5.69 Å². The number of nitrogens with one attached hydrogen (secondary N) is 3. The van der Waals surface area contributed by atoms with Gasteiger partial charge in [-0.25, -0.2) is 4.98 Å². The zero-order chi connectivity index (χ0) is 25.7. The first-order chi connectivity index (χ1) is 17.3. The van der Waals surface area contributed by atoms with E-state index in [1.54, 1.807) is 0 Å². The molecule has 2 heterocycles. The molecule has 0 saturated heterocycles. The topological polar surface area (TPSA) is 132 Å². The fourth-order valence-electron chi connectivity index (χ4n) is 3.98. The smallest absolute Gasteiger partial charge is 0.272 e. The van der Waals surface area contributed by atoms with Gasteiger partial charge in [-0.2, -0.15) is 5.21 Å². The molecule has 0 radical (unpaired) electrons. The van der Waals surface area contributed by atoms with E-state index in [4.69, 9.17) is 0 Å². The van der Waals surface area contributed by atoms with Crippen LogP contribution in [0.3, 0.4) is 0 Å². The lowest BCUT2D eigenvalue weighted by Crippen LogP contribution is -2.27. The summed E-state index contributed by atoms with van der Waals surface area (Å²) in [5.41, 5.74) is 4.13. The SMILES string of the molecule is CCCCc1nc(C(=O)NCc2ccc(-c3ccccc3-c3nn[nH]n3)cc2)c(C(O)C(C)(C)C)[nH]1. The number of tetrazole rings is 1. The van der Waals surface area contributed by atoms with Gasteiger partial charge in [0.1, 0.15) is 11.9 Å². The van der Waals surface area contributed by atoms with E-state index in [9.17, 15) is 9.90 Å². The molecular weight excluding hydrogens is 454 g/mol. The molecule has 2 aromatic carbocycles. The van der Waals surface area contributed by atoms with Crippen molar-refractivity contribution in [1.82, 2.24) is 35.9 Å². The summed E-state index contributed by atoms with van der Waals surface area (Å²) in [5, 5.41) is 28.2. The number of aliphatic hydroxyl groups excluding tert-OH is 1. The van der Waals surface area contributed by atoms with Gasteiger partial charge in [-0.05, 0) is 33.7 Å². The van der Waals surface area contributed by atoms with Crippen molar-refractivity contribution in [2.75, 3.05) is 0 Å². The Morgan fingerprint density at radius 2 is 1.81 bits per heavy atom. The number of unbranched alkanes of at least 4 members (excludes halogenated alkanes) is 1. The summed E-state index contributed by atoms with van der Waals surface area (Å²) in [7, 11) is 0. The first kappa shape index (κ1) is 25.2. The van der Waals surface area contributed by atoms with E-state index >= 15 is 0 Å². The number of carbonyl (C=O) groups excluding carboxylic acids is 1. The van der Waals surface area contributed by atoms with Crippen LogP contribution in [-0.2, 0) is 13.0 Å². The molecule has 2 aromatic heterocycles. The van der Waals surface area contributed by atoms with Crippen LogP contribution in [0.25, 0.3) is 22.5 Å². The number of hydrogen-bond donors (Lipinski definition) is 4. The van der Waals surface area contributed by atoms with Gasteiger partial charge in [0.25, 0.3) is 5.91 Å². The quantitative estimate of drug-likeness (QED) is 0.273. The van der Waals surface area contributed by atoms with Crippen LogP contribution in [-0.4, -0.2) is 41.6 Å². The maximum Gasteiger partial charge on any atom is 0.272 e. The van der Waals surface area contributed by atoms with Crippen LogP contribution >= 0.6 is 0 Å². The van der Waals surface area contributed by atoms with E-state index in [1.165, 1.54) is 0 Å². The number of amides is 1. The van der Waals surface area contributed by atoms with Crippen LogP contribution in [0.1, 0.15) is 74.2 Å². The van der Waals surface area contributed by atoms with Gasteiger partial charge in [-0.1, -0.05) is 82.6 Å². The third-order valence-electron chi connectivity index (χ3n) is 6.09. The number of aryl methyl sites for hydroxylation is 1. The predicted molar refractivity (Wildman–Crippen MR) is 138 cm³/mol. The highest BCUT2D eigenvalue weighted by molar-refractivity contribution is 5.93. The molecule has 4 N–H and O–H groups in total. The van der Waals surface area contributed by atoms with Crippen LogP contribution in [0.5, 0.6) is 0 Å². The molecule has 4 rings (SSSR count). The number of benzene rings is 2. The normalized spacial score (nSPS) is 12.5. The Balaban J connectivity index is 1.49. The summed E-state index contributed by atoms with van der Waals surface area (Å²) >= 11 is 0. The molecule has 4 aromatic rings. The lowest BCUT2D eigenvalue weighted by atomic mass is 9.86. The fourth-order valence-corrected chi connectivity index (χ4v) is 3.98. The van der Waals surface area contributed by atoms with E-state index in [0.717, 1.165) is 47.3 Å². The average molecular weight is 488 g/mol. The van der Waals surface area contributed by atoms with E-state index in [-0.39, 0.29) is 11.6 Å². The standard InChI is InChI=1S/C27H33N7O2/c1-5-6-11-21-29-22(24(35)27(2,3)4)23(30-21)26(36)28-16-17-12-14-18(15-13-17)19-9-7-8-10-20(19)25-31-33-34-32-25/h7-10,12-15,24,35H,5-6,11,16H2,1-4H3,(H,28,36)(H,29,30)(H,31,32,33,34). The van der Waals surface area contributed by atoms with Gasteiger partial charge < -0.3 is 15.4 Å². The average Bonchev–Trinajstić information content (AvgIpc) is 3.56. The molecule has 1 atom stereocenters. The number of aliphatic hydroxyl groups is 1. The number of H-pyrrole nitrogens is 2. The second kappa shape index (κ2) is 10.8. The second-order valence-electron chi connectivity index (χ2n) is 9.98. The van der Waals surface area contributed by atoms with Crippen molar-refractivity contribution in [2.45, 2.75) is 59.6 Å². The van der Waals surface area contributed by atoms with Crippen LogP contribution < -0.4 is 5.32 Å². The lowest BCUT2D eigenvalue weighted by molar-refractivity contribution is 0.0575. The molecule has 36 heavy (non-hydrogen) atoms. The Kier molecular flexibility index (Phi) is 7.59. The fraction of sp³-hybridized carbons (Fsp3) is 0.370. The first-order valence-corrected chi connectivity index (χ1v) is 12.2. The van der Waals surface area contributed by atoms with Gasteiger partial charge in [0.2, 0.25) is 5.82 Å². The Labute approximate surface area is 210 Å². The third kappa shape index (κ3) is 5.68. The monoisotopic (exact) mass is 487 g/mol. The largest absolute Gasteiger partial charge is 0.386 e. The summed E-state index contributed by atoms with van der Waals surface area (Å²) in [6, 6.07) is 15.8. The van der Waals surface area contributed by atoms with Crippen LogP contribution in [0.15, 0.2) is 48.5 Å². The van der Waals surface area contributed by atoms with Crippen molar-refractivity contribution in [2.24, 2.45) is 5.41 Å². The zero-order valence-corrected chi connectivity index (χ0v) is 21.2. The van der Waals surface area contributed by atoms with E-state index in [0.29, 0.717) is 18.1 Å². The number of carbonyl (C=O) groups is 1. The summed E-state index contributed by atoms with van der Waals surface area (Å²) in [6.45, 7) is 8.25. The maximum absolute atomic E-state index is 13.1. The Hall–Kier alpha value is -3.85. The first-order valence-electron chi connectivity index (χ1n) is 12.2. The number of rotatable bonds is 9. The highest BCUT2D eigenvalue weighted by atomic mass is 16.3. The van der Waals surface area contributed by atoms with Gasteiger partial charge in [-0.3, -0.25) is 4.79 Å². The highest BCUT2D eigenvalue weighted by Gasteiger charge is 2.31. The molecule has 9 heteroatoms. The maximum atomic E-state index is 13.1. The molecule has 0 aliphatic carbocycles. The molecule has 0 bridgehead atoms. The molecule has 0 aliphatic heterocycles. The number of nitrogens with zero attached hydrogens (tertiary/aromatic N) is 4. The van der Waals surface area contributed by atoms with Crippen LogP contribution in [0.2, 0.25) is 0 Å². The van der Waals surface area contributed by atoms with Crippen molar-refractivity contribution in [3.8, 4) is 22.5 Å². The molecule has 0 saturated carbocycles. The van der Waals surface area contributed by atoms with E-state index in [2.05, 4.69) is 42.8 Å². The number of imidazole rings is 1. The van der Waals surface area contributed by atoms with Crippen LogP contribution in [0, 0.1) is 5.41 Å². The van der Waals surface area contributed by atoms with Crippen molar-refractivity contribution >= 4 is 5.91 Å². The second-order valence-corrected chi connectivity index (χ2v) is 9.98. The highest BCUT2D eigenvalue weighted by Crippen LogP contribution is 2.33. The summed E-state index contributed by atoms with van der Waals surface area (Å²) in [5.74, 6) is 0.955. The summed E-state index contributed by atoms with van der Waals surface area (Å²) in [4.78, 5) is 20.8. The molecule has 1 amide bonds. The van der Waals surface area contributed by atoms with Crippen LogP contribution in [0.4, 0.5) is 0 Å². The van der Waals surface area contributed by atoms with Gasteiger partial charge in [0, 0.05) is 18.5 Å². The Morgan fingerprint density at radius 1 is 1.08 bits per heavy atom. The van der Waals surface area contributed by atoms with Gasteiger partial charge in [-0.15, -0.1) is 10.2 Å². The predicted octanol–water partition coefficient (Wildman–Crippen LogP) is 4.61.